The van der Waals surface area contributed by atoms with Gasteiger partial charge in [-0.15, -0.1) is 0 Å². The molecule has 1 fully saturated rings. The second-order valence-electron chi connectivity index (χ2n) is 8.56. The standard InChI is InChI=1S/C25H26F3N5O/c1-16-6-5-13-33(21(16)15-31-22-11-9-18(14-30-22)25(26,27)28)24(34)23-19(10-8-17(2)32-23)20-7-3-4-12-29-20/h3-4,7-12,14,16,21H,5-6,13,15H2,1-2H3,(H,30,31). The molecule has 0 saturated carbocycles. The van der Waals surface area contributed by atoms with Crippen molar-refractivity contribution in [2.24, 2.45) is 5.92 Å². The van der Waals surface area contributed by atoms with E-state index in [0.29, 0.717) is 35.9 Å². The van der Waals surface area contributed by atoms with Gasteiger partial charge in [-0.05, 0) is 62.1 Å². The van der Waals surface area contributed by atoms with Crippen molar-refractivity contribution < 1.29 is 18.0 Å². The van der Waals surface area contributed by atoms with Gasteiger partial charge in [0, 0.05) is 36.7 Å². The largest absolute Gasteiger partial charge is 0.417 e. The van der Waals surface area contributed by atoms with Gasteiger partial charge in [-0.2, -0.15) is 13.2 Å². The molecule has 2 unspecified atom stereocenters. The first kappa shape index (κ1) is 23.7. The summed E-state index contributed by atoms with van der Waals surface area (Å²) in [5.74, 6) is 0.354. The molecule has 1 aliphatic heterocycles. The van der Waals surface area contributed by atoms with Crippen LogP contribution in [0.3, 0.4) is 0 Å². The molecule has 0 spiro atoms. The van der Waals surface area contributed by atoms with Crippen molar-refractivity contribution in [1.29, 1.82) is 0 Å². The zero-order valence-electron chi connectivity index (χ0n) is 19.0. The van der Waals surface area contributed by atoms with Gasteiger partial charge in [0.15, 0.2) is 0 Å². The molecule has 3 aromatic heterocycles. The summed E-state index contributed by atoms with van der Waals surface area (Å²) >= 11 is 0. The SMILES string of the molecule is Cc1ccc(-c2ccccn2)c(C(=O)N2CCCC(C)C2CNc2ccc(C(F)(F)F)cn2)n1. The first-order valence-electron chi connectivity index (χ1n) is 11.2. The lowest BCUT2D eigenvalue weighted by Crippen LogP contribution is -2.51. The smallest absolute Gasteiger partial charge is 0.368 e. The van der Waals surface area contributed by atoms with E-state index in [1.54, 1.807) is 6.20 Å². The molecule has 0 aliphatic carbocycles. The average Bonchev–Trinajstić information content (AvgIpc) is 2.83. The topological polar surface area (TPSA) is 71.0 Å². The number of hydrogen-bond acceptors (Lipinski definition) is 5. The minimum absolute atomic E-state index is 0.163. The van der Waals surface area contributed by atoms with E-state index in [1.807, 2.05) is 42.2 Å². The van der Waals surface area contributed by atoms with Gasteiger partial charge in [-0.25, -0.2) is 9.97 Å². The minimum atomic E-state index is -4.43. The van der Waals surface area contributed by atoms with Crippen molar-refractivity contribution in [3.8, 4) is 11.3 Å². The highest BCUT2D eigenvalue weighted by Crippen LogP contribution is 2.30. The molecule has 1 aliphatic rings. The van der Waals surface area contributed by atoms with E-state index in [1.165, 1.54) is 6.07 Å². The maximum atomic E-state index is 13.7. The van der Waals surface area contributed by atoms with Gasteiger partial charge < -0.3 is 10.2 Å². The lowest BCUT2D eigenvalue weighted by Gasteiger charge is -2.40. The number of amides is 1. The predicted octanol–water partition coefficient (Wildman–Crippen LogP) is 5.22. The first-order valence-corrected chi connectivity index (χ1v) is 11.2. The molecule has 6 nitrogen and oxygen atoms in total. The van der Waals surface area contributed by atoms with E-state index in [-0.39, 0.29) is 17.9 Å². The summed E-state index contributed by atoms with van der Waals surface area (Å²) in [5, 5.41) is 3.11. The zero-order valence-corrected chi connectivity index (χ0v) is 19.0. The highest BCUT2D eigenvalue weighted by Gasteiger charge is 2.34. The number of hydrogen-bond donors (Lipinski definition) is 1. The zero-order chi connectivity index (χ0) is 24.3. The van der Waals surface area contributed by atoms with Crippen LogP contribution in [0.25, 0.3) is 11.3 Å². The fourth-order valence-corrected chi connectivity index (χ4v) is 4.27. The van der Waals surface area contributed by atoms with Crippen molar-refractivity contribution in [2.75, 3.05) is 18.4 Å². The van der Waals surface area contributed by atoms with Crippen LogP contribution in [0.4, 0.5) is 19.0 Å². The summed E-state index contributed by atoms with van der Waals surface area (Å²) in [6.45, 7) is 4.87. The van der Waals surface area contributed by atoms with Gasteiger partial charge in [0.2, 0.25) is 0 Å². The Balaban J connectivity index is 1.57. The first-order chi connectivity index (χ1) is 16.2. The van der Waals surface area contributed by atoms with Crippen LogP contribution in [0.15, 0.2) is 54.9 Å². The number of halogens is 3. The van der Waals surface area contributed by atoms with Crippen LogP contribution in [-0.4, -0.2) is 44.9 Å². The van der Waals surface area contributed by atoms with Gasteiger partial charge in [0.05, 0.1) is 17.3 Å². The third-order valence-electron chi connectivity index (χ3n) is 6.14. The van der Waals surface area contributed by atoms with Gasteiger partial charge in [0.1, 0.15) is 11.5 Å². The molecule has 4 heterocycles. The van der Waals surface area contributed by atoms with Crippen molar-refractivity contribution >= 4 is 11.7 Å². The lowest BCUT2D eigenvalue weighted by atomic mass is 9.90. The number of nitrogens with zero attached hydrogens (tertiary/aromatic N) is 4. The van der Waals surface area contributed by atoms with Crippen LogP contribution >= 0.6 is 0 Å². The van der Waals surface area contributed by atoms with Gasteiger partial charge >= 0.3 is 6.18 Å². The van der Waals surface area contributed by atoms with Gasteiger partial charge in [-0.3, -0.25) is 9.78 Å². The average molecular weight is 470 g/mol. The fraction of sp³-hybridized carbons (Fsp3) is 0.360. The number of rotatable bonds is 5. The normalized spacial score (nSPS) is 18.6. The van der Waals surface area contributed by atoms with Crippen molar-refractivity contribution in [3.05, 3.63) is 71.8 Å². The molecule has 34 heavy (non-hydrogen) atoms. The third kappa shape index (κ3) is 5.18. The second kappa shape index (κ2) is 9.79. The molecular formula is C25H26F3N5O. The predicted molar refractivity (Wildman–Crippen MR) is 123 cm³/mol. The summed E-state index contributed by atoms with van der Waals surface area (Å²) < 4.78 is 38.5. The molecule has 1 amide bonds. The number of nitrogens with one attached hydrogen (secondary N) is 1. The number of aromatic nitrogens is 3. The second-order valence-corrected chi connectivity index (χ2v) is 8.56. The molecule has 3 aromatic rings. The number of aryl methyl sites for hydroxylation is 1. The van der Waals surface area contributed by atoms with E-state index in [0.717, 1.165) is 30.8 Å². The number of carbonyl (C=O) groups excluding carboxylic acids is 1. The Hall–Kier alpha value is -3.49. The highest BCUT2D eigenvalue weighted by molar-refractivity contribution is 5.99. The van der Waals surface area contributed by atoms with E-state index in [4.69, 9.17) is 0 Å². The summed E-state index contributed by atoms with van der Waals surface area (Å²) in [6.07, 6.45) is -0.127. The Kier molecular flexibility index (Phi) is 6.81. The van der Waals surface area contributed by atoms with E-state index in [9.17, 15) is 18.0 Å². The molecule has 9 heteroatoms. The molecule has 1 saturated heterocycles. The maximum absolute atomic E-state index is 13.7. The molecule has 2 atom stereocenters. The summed E-state index contributed by atoms with van der Waals surface area (Å²) in [5.41, 5.74) is 1.63. The lowest BCUT2D eigenvalue weighted by molar-refractivity contribution is -0.137. The van der Waals surface area contributed by atoms with E-state index < -0.39 is 11.7 Å². The summed E-state index contributed by atoms with van der Waals surface area (Å²) in [4.78, 5) is 28.4. The van der Waals surface area contributed by atoms with Crippen LogP contribution in [0, 0.1) is 12.8 Å². The van der Waals surface area contributed by atoms with Gasteiger partial charge in [-0.1, -0.05) is 13.0 Å². The summed E-state index contributed by atoms with van der Waals surface area (Å²) in [7, 11) is 0. The number of piperidine rings is 1. The number of pyridine rings is 3. The molecular weight excluding hydrogens is 443 g/mol. The van der Waals surface area contributed by atoms with Crippen LogP contribution < -0.4 is 5.32 Å². The Morgan fingerprint density at radius 3 is 2.65 bits per heavy atom. The Labute approximate surface area is 196 Å². The molecule has 0 aromatic carbocycles. The fourth-order valence-electron chi connectivity index (χ4n) is 4.27. The monoisotopic (exact) mass is 469 g/mol. The Morgan fingerprint density at radius 1 is 1.15 bits per heavy atom. The Bertz CT molecular complexity index is 1140. The number of carbonyl (C=O) groups is 1. The van der Waals surface area contributed by atoms with Crippen LogP contribution in [-0.2, 0) is 6.18 Å². The van der Waals surface area contributed by atoms with Crippen LogP contribution in [0.2, 0.25) is 0 Å². The summed E-state index contributed by atoms with van der Waals surface area (Å²) in [6, 6.07) is 11.4. The number of likely N-dealkylation sites (tertiary alicyclic amines) is 1. The van der Waals surface area contributed by atoms with Gasteiger partial charge in [0.25, 0.3) is 5.91 Å². The minimum Gasteiger partial charge on any atom is -0.368 e. The van der Waals surface area contributed by atoms with Crippen LogP contribution in [0.5, 0.6) is 0 Å². The van der Waals surface area contributed by atoms with Crippen molar-refractivity contribution in [3.63, 3.8) is 0 Å². The van der Waals surface area contributed by atoms with Crippen molar-refractivity contribution in [1.82, 2.24) is 19.9 Å². The number of alkyl halides is 3. The van der Waals surface area contributed by atoms with E-state index in [2.05, 4.69) is 27.2 Å². The number of anilines is 1. The van der Waals surface area contributed by atoms with Crippen LogP contribution in [0.1, 0.15) is 41.5 Å². The molecule has 0 bridgehead atoms. The molecule has 4 rings (SSSR count). The highest BCUT2D eigenvalue weighted by atomic mass is 19.4. The quantitative estimate of drug-likeness (QED) is 0.555. The molecule has 1 N–H and O–H groups in total. The maximum Gasteiger partial charge on any atom is 0.417 e. The van der Waals surface area contributed by atoms with E-state index >= 15 is 0 Å². The third-order valence-corrected chi connectivity index (χ3v) is 6.14. The molecule has 178 valence electrons. The molecule has 0 radical (unpaired) electrons. The Morgan fingerprint density at radius 2 is 1.97 bits per heavy atom. The van der Waals surface area contributed by atoms with Crippen molar-refractivity contribution in [2.45, 2.75) is 38.9 Å².